The van der Waals surface area contributed by atoms with Crippen molar-refractivity contribution in [3.8, 4) is 5.75 Å². The largest absolute Gasteiger partial charge is 0.437 e. The first-order valence-corrected chi connectivity index (χ1v) is 8.62. The van der Waals surface area contributed by atoms with E-state index in [0.717, 1.165) is 25.5 Å². The average molecular weight is 421 g/mol. The van der Waals surface area contributed by atoms with Gasteiger partial charge in [-0.25, -0.2) is 14.8 Å². The number of carbonyl (C=O) groups is 1. The zero-order valence-corrected chi connectivity index (χ0v) is 15.1. The fraction of sp³-hybridized carbons (Fsp3) is 0.312. The van der Waals surface area contributed by atoms with E-state index in [-0.39, 0.29) is 22.0 Å². The summed E-state index contributed by atoms with van der Waals surface area (Å²) in [6, 6.07) is 4.27. The summed E-state index contributed by atoms with van der Waals surface area (Å²) in [7, 11) is 0. The number of hydrogen-bond acceptors (Lipinski definition) is 5. The second kappa shape index (κ2) is 7.77. The Bertz CT molecular complexity index is 840. The minimum absolute atomic E-state index is 0.0822. The van der Waals surface area contributed by atoms with Crippen LogP contribution in [0.15, 0.2) is 24.4 Å². The molecule has 1 aromatic carbocycles. The summed E-state index contributed by atoms with van der Waals surface area (Å²) in [5, 5.41) is 5.63. The number of nitrogens with one attached hydrogen (secondary N) is 2. The minimum atomic E-state index is -4.85. The van der Waals surface area contributed by atoms with Gasteiger partial charge in [-0.15, -0.1) is 0 Å². The van der Waals surface area contributed by atoms with Crippen LogP contribution in [0.5, 0.6) is 5.75 Å². The van der Waals surface area contributed by atoms with Gasteiger partial charge in [0.15, 0.2) is 11.4 Å². The van der Waals surface area contributed by atoms with Crippen LogP contribution >= 0.6 is 23.2 Å². The van der Waals surface area contributed by atoms with E-state index in [9.17, 15) is 18.0 Å². The summed E-state index contributed by atoms with van der Waals surface area (Å²) < 4.78 is 44.7. The van der Waals surface area contributed by atoms with Crippen LogP contribution in [-0.2, 0) is 6.18 Å². The lowest BCUT2D eigenvalue weighted by atomic mass is 9.93. The SMILES string of the molecule is O=C(NC1CCC1)Oc1cnc(Nc2cc(Cl)cc(Cl)c2)nc1C(F)(F)F. The molecule has 1 aliphatic rings. The van der Waals surface area contributed by atoms with Crippen molar-refractivity contribution >= 4 is 40.9 Å². The number of nitrogens with zero attached hydrogens (tertiary/aromatic N) is 2. The summed E-state index contributed by atoms with van der Waals surface area (Å²) in [4.78, 5) is 18.9. The van der Waals surface area contributed by atoms with Crippen LogP contribution in [0.2, 0.25) is 10.0 Å². The molecule has 1 heterocycles. The molecule has 3 rings (SSSR count). The molecule has 0 bridgehead atoms. The molecule has 1 saturated carbocycles. The molecule has 0 aliphatic heterocycles. The Balaban J connectivity index is 1.81. The lowest BCUT2D eigenvalue weighted by molar-refractivity contribution is -0.142. The number of carbonyl (C=O) groups excluding carboxylic acids is 1. The number of hydrogen-bond donors (Lipinski definition) is 2. The average Bonchev–Trinajstić information content (AvgIpc) is 2.50. The summed E-state index contributed by atoms with van der Waals surface area (Å²) in [5.41, 5.74) is -1.08. The number of halogens is 5. The zero-order chi connectivity index (χ0) is 19.6. The highest BCUT2D eigenvalue weighted by Gasteiger charge is 2.38. The van der Waals surface area contributed by atoms with Crippen LogP contribution in [0.1, 0.15) is 25.0 Å². The molecule has 0 atom stereocenters. The smallest absolute Gasteiger partial charge is 0.406 e. The molecule has 1 aromatic heterocycles. The Morgan fingerprint density at radius 3 is 2.41 bits per heavy atom. The Kier molecular flexibility index (Phi) is 5.61. The van der Waals surface area contributed by atoms with Crippen LogP contribution in [-0.4, -0.2) is 22.1 Å². The van der Waals surface area contributed by atoms with Crippen molar-refractivity contribution in [1.29, 1.82) is 0 Å². The van der Waals surface area contributed by atoms with E-state index < -0.39 is 23.7 Å². The van der Waals surface area contributed by atoms with Gasteiger partial charge in [0.05, 0.1) is 6.20 Å². The van der Waals surface area contributed by atoms with Gasteiger partial charge in [-0.1, -0.05) is 23.2 Å². The van der Waals surface area contributed by atoms with Crippen molar-refractivity contribution in [3.63, 3.8) is 0 Å². The van der Waals surface area contributed by atoms with E-state index in [0.29, 0.717) is 5.69 Å². The number of aromatic nitrogens is 2. The van der Waals surface area contributed by atoms with Gasteiger partial charge in [-0.05, 0) is 37.5 Å². The first-order valence-electron chi connectivity index (χ1n) is 7.86. The van der Waals surface area contributed by atoms with Crippen LogP contribution in [0.4, 0.5) is 29.6 Å². The standard InChI is InChI=1S/C16H13Cl2F3N4O2/c17-8-4-9(18)6-11(5-8)23-14-22-7-12(13(25-14)16(19,20)21)27-15(26)24-10-2-1-3-10/h4-7,10H,1-3H2,(H,24,26)(H,22,23,25). The Morgan fingerprint density at radius 1 is 1.19 bits per heavy atom. The van der Waals surface area contributed by atoms with Gasteiger partial charge < -0.3 is 15.4 Å². The quantitative estimate of drug-likeness (QED) is 0.711. The molecule has 0 radical (unpaired) electrons. The molecular weight excluding hydrogens is 408 g/mol. The maximum atomic E-state index is 13.3. The van der Waals surface area contributed by atoms with Crippen molar-refractivity contribution < 1.29 is 22.7 Å². The molecule has 0 spiro atoms. The molecule has 27 heavy (non-hydrogen) atoms. The van der Waals surface area contributed by atoms with E-state index in [1.165, 1.54) is 18.2 Å². The highest BCUT2D eigenvalue weighted by molar-refractivity contribution is 6.35. The van der Waals surface area contributed by atoms with Gasteiger partial charge in [0.1, 0.15) is 0 Å². The van der Waals surface area contributed by atoms with E-state index in [4.69, 9.17) is 27.9 Å². The van der Waals surface area contributed by atoms with Gasteiger partial charge in [0, 0.05) is 21.8 Å². The topological polar surface area (TPSA) is 76.1 Å². The van der Waals surface area contributed by atoms with Crippen molar-refractivity contribution in [2.75, 3.05) is 5.32 Å². The third-order valence-electron chi connectivity index (χ3n) is 3.77. The molecule has 6 nitrogen and oxygen atoms in total. The predicted molar refractivity (Wildman–Crippen MR) is 93.6 cm³/mol. The molecule has 0 saturated heterocycles. The Labute approximate surface area is 162 Å². The van der Waals surface area contributed by atoms with Gasteiger partial charge in [0.25, 0.3) is 0 Å². The number of rotatable bonds is 4. The number of benzene rings is 1. The predicted octanol–water partition coefficient (Wildman–Crippen LogP) is 5.19. The third kappa shape index (κ3) is 5.14. The molecule has 144 valence electrons. The highest BCUT2D eigenvalue weighted by Crippen LogP contribution is 2.35. The Morgan fingerprint density at radius 2 is 1.85 bits per heavy atom. The summed E-state index contributed by atoms with van der Waals surface area (Å²) in [6.07, 6.45) is -2.56. The van der Waals surface area contributed by atoms with E-state index in [1.807, 2.05) is 0 Å². The molecule has 1 amide bonds. The maximum Gasteiger partial charge on any atom is 0.437 e. The Hall–Kier alpha value is -2.26. The van der Waals surface area contributed by atoms with Crippen molar-refractivity contribution in [1.82, 2.24) is 15.3 Å². The number of ether oxygens (including phenoxy) is 1. The van der Waals surface area contributed by atoms with E-state index >= 15 is 0 Å². The second-order valence-corrected chi connectivity index (χ2v) is 6.72. The van der Waals surface area contributed by atoms with E-state index in [1.54, 1.807) is 0 Å². The lowest BCUT2D eigenvalue weighted by Crippen LogP contribution is -2.41. The third-order valence-corrected chi connectivity index (χ3v) is 4.21. The maximum absolute atomic E-state index is 13.3. The molecule has 11 heteroatoms. The number of alkyl halides is 3. The van der Waals surface area contributed by atoms with Crippen molar-refractivity contribution in [3.05, 3.63) is 40.1 Å². The highest BCUT2D eigenvalue weighted by atomic mass is 35.5. The summed E-state index contributed by atoms with van der Waals surface area (Å²) >= 11 is 11.7. The first-order chi connectivity index (χ1) is 12.7. The van der Waals surface area contributed by atoms with Crippen LogP contribution in [0.25, 0.3) is 0 Å². The van der Waals surface area contributed by atoms with Gasteiger partial charge in [-0.3, -0.25) is 0 Å². The monoisotopic (exact) mass is 420 g/mol. The van der Waals surface area contributed by atoms with Crippen molar-refractivity contribution in [2.45, 2.75) is 31.5 Å². The van der Waals surface area contributed by atoms with Gasteiger partial charge in [0.2, 0.25) is 5.95 Å². The normalized spacial score (nSPS) is 14.4. The fourth-order valence-electron chi connectivity index (χ4n) is 2.31. The molecular formula is C16H13Cl2F3N4O2. The van der Waals surface area contributed by atoms with E-state index in [2.05, 4.69) is 20.6 Å². The molecule has 2 aromatic rings. The lowest BCUT2D eigenvalue weighted by Gasteiger charge is -2.25. The first kappa shape index (κ1) is 19.5. The molecule has 1 aliphatic carbocycles. The summed E-state index contributed by atoms with van der Waals surface area (Å²) in [6.45, 7) is 0. The molecule has 2 N–H and O–H groups in total. The molecule has 1 fully saturated rings. The van der Waals surface area contributed by atoms with Crippen molar-refractivity contribution in [2.24, 2.45) is 0 Å². The van der Waals surface area contributed by atoms with Gasteiger partial charge in [-0.2, -0.15) is 13.2 Å². The number of amides is 1. The van der Waals surface area contributed by atoms with Crippen LogP contribution < -0.4 is 15.4 Å². The van der Waals surface area contributed by atoms with Crippen LogP contribution in [0.3, 0.4) is 0 Å². The van der Waals surface area contributed by atoms with Gasteiger partial charge >= 0.3 is 12.3 Å². The zero-order valence-electron chi connectivity index (χ0n) is 13.6. The number of anilines is 2. The van der Waals surface area contributed by atoms with Crippen LogP contribution in [0, 0.1) is 0 Å². The molecule has 0 unspecified atom stereocenters. The fourth-order valence-corrected chi connectivity index (χ4v) is 2.84. The summed E-state index contributed by atoms with van der Waals surface area (Å²) in [5.74, 6) is -1.14. The minimum Gasteiger partial charge on any atom is -0.406 e. The second-order valence-electron chi connectivity index (χ2n) is 5.85.